The minimum absolute atomic E-state index is 0.00910. The molecule has 0 spiro atoms. The van der Waals surface area contributed by atoms with Gasteiger partial charge in [0.1, 0.15) is 0 Å². The third-order valence-electron chi connectivity index (χ3n) is 2.83. The van der Waals surface area contributed by atoms with Crippen LogP contribution in [0.25, 0.3) is 0 Å². The Bertz CT molecular complexity index is 678. The van der Waals surface area contributed by atoms with E-state index in [1.165, 1.54) is 12.3 Å². The smallest absolute Gasteiger partial charge is 0.258 e. The van der Waals surface area contributed by atoms with Crippen LogP contribution in [-0.4, -0.2) is 13.4 Å². The molecule has 0 aliphatic carbocycles. The lowest BCUT2D eigenvalue weighted by Crippen LogP contribution is -2.27. The summed E-state index contributed by atoms with van der Waals surface area (Å²) in [7, 11) is -3.62. The van der Waals surface area contributed by atoms with Crippen molar-refractivity contribution in [3.8, 4) is 0 Å². The number of thiophene rings is 1. The first-order valence-corrected chi connectivity index (χ1v) is 8.46. The van der Waals surface area contributed by atoms with Gasteiger partial charge in [-0.2, -0.15) is 0 Å². The molecule has 2 rings (SSSR count). The minimum Gasteiger partial charge on any atom is -0.326 e. The van der Waals surface area contributed by atoms with Crippen LogP contribution in [0.3, 0.4) is 0 Å². The Balaban J connectivity index is 2.17. The van der Waals surface area contributed by atoms with Gasteiger partial charge < -0.3 is 5.73 Å². The summed E-state index contributed by atoms with van der Waals surface area (Å²) in [5, 5.41) is 0.00910. The van der Waals surface area contributed by atoms with E-state index < -0.39 is 10.0 Å². The fourth-order valence-corrected chi connectivity index (χ4v) is 3.83. The summed E-state index contributed by atoms with van der Waals surface area (Å²) in [4.78, 5) is 6.07. The Hall–Kier alpha value is -1.28. The Morgan fingerprint density at radius 1 is 1.35 bits per heavy atom. The maximum atomic E-state index is 12.2. The Kier molecular flexibility index (Phi) is 4.54. The van der Waals surface area contributed by atoms with Gasteiger partial charge in [-0.3, -0.25) is 0 Å². The maximum Gasteiger partial charge on any atom is 0.258 e. The van der Waals surface area contributed by atoms with Crippen molar-refractivity contribution in [2.75, 3.05) is 0 Å². The first-order valence-electron chi connectivity index (χ1n) is 6.16. The van der Waals surface area contributed by atoms with Crippen molar-refractivity contribution in [1.82, 2.24) is 9.71 Å². The molecule has 0 bridgehead atoms. The van der Waals surface area contributed by atoms with Crippen molar-refractivity contribution in [1.29, 1.82) is 0 Å². The number of rotatable bonds is 5. The van der Waals surface area contributed by atoms with E-state index in [0.29, 0.717) is 6.54 Å². The fourth-order valence-electron chi connectivity index (χ4n) is 1.73. The van der Waals surface area contributed by atoms with Gasteiger partial charge in [0, 0.05) is 22.5 Å². The second-order valence-corrected chi connectivity index (χ2v) is 7.48. The molecule has 5 nitrogen and oxygen atoms in total. The number of nitrogens with zero attached hydrogens (tertiary/aromatic N) is 1. The third-order valence-corrected chi connectivity index (χ3v) is 5.47. The second-order valence-electron chi connectivity index (χ2n) is 4.50. The zero-order valence-electron chi connectivity index (χ0n) is 11.3. The second kappa shape index (κ2) is 6.01. The molecule has 7 heteroatoms. The van der Waals surface area contributed by atoms with Crippen molar-refractivity contribution in [3.63, 3.8) is 0 Å². The number of hydrogen-bond acceptors (Lipinski definition) is 5. The standard InChI is InChI=1S/C13H17N3O2S2/c1-9-3-5-12(19-9)10(2)16-20(17,18)13-6-4-11(7-14)8-15-13/h3-6,8,10,16H,7,14H2,1-2H3. The minimum atomic E-state index is -3.62. The average Bonchev–Trinajstić information content (AvgIpc) is 2.85. The molecule has 0 saturated heterocycles. The number of aryl methyl sites for hydroxylation is 1. The zero-order chi connectivity index (χ0) is 14.8. The van der Waals surface area contributed by atoms with E-state index in [2.05, 4.69) is 9.71 Å². The van der Waals surface area contributed by atoms with Gasteiger partial charge in [0.25, 0.3) is 10.0 Å². The van der Waals surface area contributed by atoms with Gasteiger partial charge >= 0.3 is 0 Å². The molecule has 0 aliphatic heterocycles. The topological polar surface area (TPSA) is 85.1 Å². The summed E-state index contributed by atoms with van der Waals surface area (Å²) < 4.78 is 27.1. The first kappa shape index (κ1) is 15.1. The Labute approximate surface area is 122 Å². The molecule has 2 aromatic rings. The number of nitrogens with two attached hydrogens (primary N) is 1. The molecular formula is C13H17N3O2S2. The molecule has 2 aromatic heterocycles. The van der Waals surface area contributed by atoms with Crippen molar-refractivity contribution in [2.45, 2.75) is 31.5 Å². The number of pyridine rings is 1. The monoisotopic (exact) mass is 311 g/mol. The SMILES string of the molecule is Cc1ccc(C(C)NS(=O)(=O)c2ccc(CN)cn2)s1. The van der Waals surface area contributed by atoms with E-state index in [-0.39, 0.29) is 11.1 Å². The van der Waals surface area contributed by atoms with E-state index >= 15 is 0 Å². The van der Waals surface area contributed by atoms with E-state index in [1.807, 2.05) is 26.0 Å². The normalized spacial score (nSPS) is 13.3. The quantitative estimate of drug-likeness (QED) is 0.884. The van der Waals surface area contributed by atoms with Crippen molar-refractivity contribution >= 4 is 21.4 Å². The maximum absolute atomic E-state index is 12.2. The molecular weight excluding hydrogens is 294 g/mol. The molecule has 0 aromatic carbocycles. The number of nitrogens with one attached hydrogen (secondary N) is 1. The van der Waals surface area contributed by atoms with Crippen LogP contribution < -0.4 is 10.5 Å². The molecule has 1 atom stereocenters. The van der Waals surface area contributed by atoms with Gasteiger partial charge in [0.2, 0.25) is 0 Å². The molecule has 0 fully saturated rings. The molecule has 2 heterocycles. The van der Waals surface area contributed by atoms with Crippen LogP contribution in [0, 0.1) is 6.92 Å². The summed E-state index contributed by atoms with van der Waals surface area (Å²) in [5.41, 5.74) is 6.26. The summed E-state index contributed by atoms with van der Waals surface area (Å²) in [5.74, 6) is 0. The largest absolute Gasteiger partial charge is 0.326 e. The predicted molar refractivity (Wildman–Crippen MR) is 79.9 cm³/mol. The average molecular weight is 311 g/mol. The van der Waals surface area contributed by atoms with E-state index in [1.54, 1.807) is 17.4 Å². The summed E-state index contributed by atoms with van der Waals surface area (Å²) in [6.45, 7) is 4.14. The van der Waals surface area contributed by atoms with Crippen molar-refractivity contribution in [3.05, 3.63) is 45.8 Å². The lowest BCUT2D eigenvalue weighted by molar-refractivity contribution is 0.564. The highest BCUT2D eigenvalue weighted by atomic mass is 32.2. The highest BCUT2D eigenvalue weighted by molar-refractivity contribution is 7.89. The van der Waals surface area contributed by atoms with E-state index in [4.69, 9.17) is 5.73 Å². The molecule has 0 amide bonds. The van der Waals surface area contributed by atoms with Crippen LogP contribution in [0.15, 0.2) is 35.5 Å². The molecule has 20 heavy (non-hydrogen) atoms. The van der Waals surface area contributed by atoms with Crippen LogP contribution in [0.2, 0.25) is 0 Å². The molecule has 0 saturated carbocycles. The van der Waals surface area contributed by atoms with Gasteiger partial charge in [0.15, 0.2) is 5.03 Å². The molecule has 3 N–H and O–H groups in total. The van der Waals surface area contributed by atoms with Crippen LogP contribution >= 0.6 is 11.3 Å². The fraction of sp³-hybridized carbons (Fsp3) is 0.308. The van der Waals surface area contributed by atoms with Crippen LogP contribution in [0.4, 0.5) is 0 Å². The van der Waals surface area contributed by atoms with Gasteiger partial charge in [-0.15, -0.1) is 11.3 Å². The van der Waals surface area contributed by atoms with Gasteiger partial charge in [-0.1, -0.05) is 6.07 Å². The number of aromatic nitrogens is 1. The lowest BCUT2D eigenvalue weighted by Gasteiger charge is -2.12. The Morgan fingerprint density at radius 3 is 2.60 bits per heavy atom. The van der Waals surface area contributed by atoms with Crippen LogP contribution in [-0.2, 0) is 16.6 Å². The molecule has 0 radical (unpaired) electrons. The lowest BCUT2D eigenvalue weighted by atomic mass is 10.3. The zero-order valence-corrected chi connectivity index (χ0v) is 13.0. The third kappa shape index (κ3) is 3.43. The summed E-state index contributed by atoms with van der Waals surface area (Å²) >= 11 is 1.57. The van der Waals surface area contributed by atoms with Gasteiger partial charge in [-0.05, 0) is 37.6 Å². The van der Waals surface area contributed by atoms with Gasteiger partial charge in [-0.25, -0.2) is 18.1 Å². The van der Waals surface area contributed by atoms with E-state index in [9.17, 15) is 8.42 Å². The number of sulfonamides is 1. The molecule has 1 unspecified atom stereocenters. The van der Waals surface area contributed by atoms with E-state index in [0.717, 1.165) is 15.3 Å². The number of hydrogen-bond donors (Lipinski definition) is 2. The summed E-state index contributed by atoms with van der Waals surface area (Å²) in [6.07, 6.45) is 1.48. The molecule has 0 aliphatic rings. The Morgan fingerprint density at radius 2 is 2.10 bits per heavy atom. The highest BCUT2D eigenvalue weighted by Gasteiger charge is 2.20. The first-order chi connectivity index (χ1) is 9.42. The van der Waals surface area contributed by atoms with Crippen molar-refractivity contribution < 1.29 is 8.42 Å². The summed E-state index contributed by atoms with van der Waals surface area (Å²) in [6, 6.07) is 6.75. The van der Waals surface area contributed by atoms with Gasteiger partial charge in [0.05, 0.1) is 6.04 Å². The van der Waals surface area contributed by atoms with Crippen LogP contribution in [0.1, 0.15) is 28.3 Å². The van der Waals surface area contributed by atoms with Crippen LogP contribution in [0.5, 0.6) is 0 Å². The predicted octanol–water partition coefficient (Wildman–Crippen LogP) is 1.95. The molecule has 108 valence electrons. The van der Waals surface area contributed by atoms with Crippen molar-refractivity contribution in [2.24, 2.45) is 5.73 Å². The highest BCUT2D eigenvalue weighted by Crippen LogP contribution is 2.23.